The smallest absolute Gasteiger partial charge is 0.256 e. The van der Waals surface area contributed by atoms with Gasteiger partial charge in [0.15, 0.2) is 0 Å². The Bertz CT molecular complexity index is 792. The topological polar surface area (TPSA) is 43.9 Å². The van der Waals surface area contributed by atoms with Crippen molar-refractivity contribution in [1.82, 2.24) is 14.7 Å². The first-order valence-electron chi connectivity index (χ1n) is 11.2. The van der Waals surface area contributed by atoms with Gasteiger partial charge >= 0.3 is 0 Å². The molecule has 4 aliphatic heterocycles. The Hall–Kier alpha value is -1.95. The molecule has 4 saturated heterocycles. The number of hydrogen-bond acceptors (Lipinski definition) is 3. The predicted molar refractivity (Wildman–Crippen MR) is 108 cm³/mol. The number of hydrogen-bond donors (Lipinski definition) is 0. The molecule has 0 aromatic heterocycles. The lowest BCUT2D eigenvalue weighted by Crippen LogP contribution is -2.62. The summed E-state index contributed by atoms with van der Waals surface area (Å²) in [6.45, 7) is 4.46. The molecule has 4 fully saturated rings. The molecule has 0 N–H and O–H groups in total. The minimum atomic E-state index is -0.435. The quantitative estimate of drug-likeness (QED) is 0.768. The Kier molecular flexibility index (Phi) is 5.06. The van der Waals surface area contributed by atoms with E-state index in [0.717, 1.165) is 51.7 Å². The minimum absolute atomic E-state index is 0.181. The van der Waals surface area contributed by atoms with Crippen LogP contribution in [0.15, 0.2) is 24.3 Å². The second kappa shape index (κ2) is 7.71. The van der Waals surface area contributed by atoms with Crippen molar-refractivity contribution in [2.75, 3.05) is 32.7 Å². The van der Waals surface area contributed by atoms with E-state index in [1.165, 1.54) is 12.5 Å². The van der Waals surface area contributed by atoms with E-state index >= 15 is 0 Å². The van der Waals surface area contributed by atoms with E-state index in [-0.39, 0.29) is 11.5 Å². The van der Waals surface area contributed by atoms with E-state index in [0.29, 0.717) is 42.9 Å². The van der Waals surface area contributed by atoms with Gasteiger partial charge in [-0.3, -0.25) is 14.5 Å². The van der Waals surface area contributed by atoms with Crippen LogP contribution in [0.4, 0.5) is 4.39 Å². The SMILES string of the molecule is O=C(c1ccccc1F)N1CCC(N2C[C@H]3C[C@H](C2)[C@H]2CCCC(=O)N2C3)CC1. The summed E-state index contributed by atoms with van der Waals surface area (Å²) in [6, 6.07) is 7.20. The third kappa shape index (κ3) is 3.56. The Balaban J connectivity index is 1.20. The largest absolute Gasteiger partial charge is 0.339 e. The van der Waals surface area contributed by atoms with Crippen molar-refractivity contribution >= 4 is 11.8 Å². The van der Waals surface area contributed by atoms with E-state index in [9.17, 15) is 14.0 Å². The number of benzene rings is 1. The van der Waals surface area contributed by atoms with Gasteiger partial charge in [-0.05, 0) is 56.1 Å². The maximum Gasteiger partial charge on any atom is 0.256 e. The molecule has 1 aromatic carbocycles. The van der Waals surface area contributed by atoms with Gasteiger partial charge in [0.05, 0.1) is 5.56 Å². The Morgan fingerprint density at radius 2 is 1.83 bits per heavy atom. The first kappa shape index (κ1) is 19.0. The summed E-state index contributed by atoms with van der Waals surface area (Å²) in [5.41, 5.74) is 0.181. The van der Waals surface area contributed by atoms with Crippen LogP contribution in [0.2, 0.25) is 0 Å². The van der Waals surface area contributed by atoms with Gasteiger partial charge in [0, 0.05) is 51.2 Å². The van der Waals surface area contributed by atoms with Crippen molar-refractivity contribution in [1.29, 1.82) is 0 Å². The highest BCUT2D eigenvalue weighted by Crippen LogP contribution is 2.39. The summed E-state index contributed by atoms with van der Waals surface area (Å²) in [7, 11) is 0. The molecule has 29 heavy (non-hydrogen) atoms. The molecular formula is C23H30FN3O2. The summed E-state index contributed by atoms with van der Waals surface area (Å²) in [6.07, 6.45) is 6.09. The van der Waals surface area contributed by atoms with E-state index in [4.69, 9.17) is 0 Å². The Labute approximate surface area is 171 Å². The zero-order chi connectivity index (χ0) is 20.0. The molecule has 4 heterocycles. The number of rotatable bonds is 2. The average molecular weight is 400 g/mol. The second-order valence-corrected chi connectivity index (χ2v) is 9.32. The van der Waals surface area contributed by atoms with Crippen molar-refractivity contribution in [2.45, 2.75) is 50.6 Å². The molecule has 0 spiro atoms. The van der Waals surface area contributed by atoms with Crippen molar-refractivity contribution in [3.05, 3.63) is 35.6 Å². The number of halogens is 1. The van der Waals surface area contributed by atoms with Crippen LogP contribution in [-0.2, 0) is 4.79 Å². The fraction of sp³-hybridized carbons (Fsp3) is 0.652. The van der Waals surface area contributed by atoms with Gasteiger partial charge < -0.3 is 9.80 Å². The van der Waals surface area contributed by atoms with E-state index < -0.39 is 5.82 Å². The molecule has 4 aliphatic rings. The minimum Gasteiger partial charge on any atom is -0.339 e. The summed E-state index contributed by atoms with van der Waals surface area (Å²) in [5.74, 6) is 0.933. The van der Waals surface area contributed by atoms with Crippen molar-refractivity contribution in [3.63, 3.8) is 0 Å². The number of likely N-dealkylation sites (tertiary alicyclic amines) is 2. The second-order valence-electron chi connectivity index (χ2n) is 9.32. The lowest BCUT2D eigenvalue weighted by atomic mass is 9.75. The number of carbonyl (C=O) groups is 2. The van der Waals surface area contributed by atoms with Crippen LogP contribution in [0.25, 0.3) is 0 Å². The van der Waals surface area contributed by atoms with Crippen LogP contribution in [0.1, 0.15) is 48.9 Å². The highest BCUT2D eigenvalue weighted by molar-refractivity contribution is 5.94. The van der Waals surface area contributed by atoms with Crippen LogP contribution in [-0.4, -0.2) is 71.3 Å². The summed E-state index contributed by atoms with van der Waals surface area (Å²) in [5, 5.41) is 0. The fourth-order valence-corrected chi connectivity index (χ4v) is 6.19. The lowest BCUT2D eigenvalue weighted by Gasteiger charge is -2.54. The van der Waals surface area contributed by atoms with Gasteiger partial charge in [-0.1, -0.05) is 12.1 Å². The maximum atomic E-state index is 14.0. The van der Waals surface area contributed by atoms with Gasteiger partial charge in [-0.15, -0.1) is 0 Å². The lowest BCUT2D eigenvalue weighted by molar-refractivity contribution is -0.145. The highest BCUT2D eigenvalue weighted by atomic mass is 19.1. The number of carbonyl (C=O) groups excluding carboxylic acids is 2. The normalized spacial score (nSPS) is 30.9. The summed E-state index contributed by atoms with van der Waals surface area (Å²) in [4.78, 5) is 31.7. The van der Waals surface area contributed by atoms with Gasteiger partial charge in [0.2, 0.25) is 5.91 Å². The predicted octanol–water partition coefficient (Wildman–Crippen LogP) is 2.76. The summed E-state index contributed by atoms with van der Waals surface area (Å²) >= 11 is 0. The maximum absolute atomic E-state index is 14.0. The standard InChI is InChI=1S/C23H30FN3O2/c24-20-5-2-1-4-19(20)23(29)25-10-8-18(9-11-25)26-13-16-12-17(15-26)21-6-3-7-22(28)27(21)14-16/h1-2,4-5,16-18,21H,3,6-15H2/t16-,17-,21-/m1/s1. The molecule has 5 nitrogen and oxygen atoms in total. The van der Waals surface area contributed by atoms with Crippen LogP contribution >= 0.6 is 0 Å². The third-order valence-corrected chi connectivity index (χ3v) is 7.58. The zero-order valence-electron chi connectivity index (χ0n) is 16.9. The van der Waals surface area contributed by atoms with Gasteiger partial charge in [-0.25, -0.2) is 4.39 Å². The van der Waals surface area contributed by atoms with Crippen LogP contribution in [0.5, 0.6) is 0 Å². The molecule has 3 atom stereocenters. The molecule has 0 radical (unpaired) electrons. The zero-order valence-corrected chi connectivity index (χ0v) is 16.9. The average Bonchev–Trinajstić information content (AvgIpc) is 2.74. The monoisotopic (exact) mass is 399 g/mol. The van der Waals surface area contributed by atoms with Crippen LogP contribution in [0.3, 0.4) is 0 Å². The van der Waals surface area contributed by atoms with Crippen molar-refractivity contribution in [3.8, 4) is 0 Å². The van der Waals surface area contributed by atoms with Gasteiger partial charge in [0.1, 0.15) is 5.82 Å². The molecular weight excluding hydrogens is 369 g/mol. The molecule has 6 heteroatoms. The van der Waals surface area contributed by atoms with Crippen molar-refractivity contribution < 1.29 is 14.0 Å². The van der Waals surface area contributed by atoms with Gasteiger partial charge in [0.25, 0.3) is 5.91 Å². The number of amides is 2. The molecule has 0 unspecified atom stereocenters. The molecule has 5 rings (SSSR count). The molecule has 1 aromatic rings. The first-order chi connectivity index (χ1) is 14.1. The molecule has 2 bridgehead atoms. The number of fused-ring (bicyclic) bond motifs is 4. The summed E-state index contributed by atoms with van der Waals surface area (Å²) < 4.78 is 14.0. The molecule has 156 valence electrons. The Morgan fingerprint density at radius 3 is 2.62 bits per heavy atom. The van der Waals surface area contributed by atoms with Crippen LogP contribution in [0, 0.1) is 17.7 Å². The van der Waals surface area contributed by atoms with Gasteiger partial charge in [-0.2, -0.15) is 0 Å². The third-order valence-electron chi connectivity index (χ3n) is 7.58. The first-order valence-corrected chi connectivity index (χ1v) is 11.2. The van der Waals surface area contributed by atoms with E-state index in [1.807, 2.05) is 0 Å². The Morgan fingerprint density at radius 1 is 1.03 bits per heavy atom. The van der Waals surface area contributed by atoms with E-state index in [2.05, 4.69) is 9.80 Å². The molecule has 0 saturated carbocycles. The fourth-order valence-electron chi connectivity index (χ4n) is 6.19. The van der Waals surface area contributed by atoms with Crippen molar-refractivity contribution in [2.24, 2.45) is 11.8 Å². The molecule has 0 aliphatic carbocycles. The van der Waals surface area contributed by atoms with E-state index in [1.54, 1.807) is 23.1 Å². The number of piperidine rings is 4. The van der Waals surface area contributed by atoms with Crippen LogP contribution < -0.4 is 0 Å². The molecule has 2 amide bonds. The number of nitrogens with zero attached hydrogens (tertiary/aromatic N) is 3. The highest BCUT2D eigenvalue weighted by Gasteiger charge is 2.45.